The van der Waals surface area contributed by atoms with Gasteiger partial charge >= 0.3 is 5.97 Å². The Morgan fingerprint density at radius 3 is 2.59 bits per heavy atom. The van der Waals surface area contributed by atoms with E-state index in [4.69, 9.17) is 16.3 Å². The minimum Gasteiger partial charge on any atom is -0.456 e. The van der Waals surface area contributed by atoms with E-state index in [0.717, 1.165) is 28.7 Å². The third kappa shape index (κ3) is 7.28. The molecule has 0 N–H and O–H groups in total. The Balaban J connectivity index is 1.17. The van der Waals surface area contributed by atoms with E-state index < -0.39 is 23.1 Å². The summed E-state index contributed by atoms with van der Waals surface area (Å²) in [4.78, 5) is 44.8. The third-order valence-electron chi connectivity index (χ3n) is 10.1. The first kappa shape index (κ1) is 37.4. The Kier molecular flexibility index (Phi) is 9.94. The number of piperidine rings is 1. The minimum absolute atomic E-state index is 0.000257. The summed E-state index contributed by atoms with van der Waals surface area (Å²) in [5.41, 5.74) is 2.49. The minimum atomic E-state index is -2.56. The first-order chi connectivity index (χ1) is 25.6. The molecule has 0 amide bonds. The van der Waals surface area contributed by atoms with E-state index in [1.165, 1.54) is 22.1 Å². The molecule has 278 valence electrons. The number of alkyl halides is 2. The van der Waals surface area contributed by atoms with E-state index in [1.54, 1.807) is 30.6 Å². The molecule has 5 aromatic rings. The number of rotatable bonds is 6. The first-order valence-corrected chi connectivity index (χ1v) is 18.9. The van der Waals surface area contributed by atoms with Gasteiger partial charge in [-0.3, -0.25) is 19.2 Å². The quantitative estimate of drug-likeness (QED) is 0.127. The molecule has 0 atom stereocenters. The van der Waals surface area contributed by atoms with Gasteiger partial charge in [0.25, 0.3) is 11.5 Å². The van der Waals surface area contributed by atoms with Crippen LogP contribution in [0.2, 0.25) is 5.02 Å². The van der Waals surface area contributed by atoms with Gasteiger partial charge in [-0.15, -0.1) is 11.3 Å². The topological polar surface area (TPSA) is 117 Å². The average Bonchev–Trinajstić information content (AvgIpc) is 3.56. The monoisotopic (exact) mass is 769 g/mol. The highest BCUT2D eigenvalue weighted by atomic mass is 35.5. The molecule has 4 aromatic heterocycles. The van der Waals surface area contributed by atoms with Crippen molar-refractivity contribution in [1.29, 1.82) is 5.26 Å². The zero-order valence-corrected chi connectivity index (χ0v) is 32.1. The molecule has 14 heteroatoms. The summed E-state index contributed by atoms with van der Waals surface area (Å²) < 4.78 is 34.8. The Morgan fingerprint density at radius 2 is 1.91 bits per heavy atom. The lowest BCUT2D eigenvalue weighted by atomic mass is 9.85. The smallest absolute Gasteiger partial charge is 0.341 e. The zero-order valence-electron chi connectivity index (χ0n) is 30.5. The van der Waals surface area contributed by atoms with Gasteiger partial charge in [-0.2, -0.15) is 5.26 Å². The number of anilines is 1. The summed E-state index contributed by atoms with van der Waals surface area (Å²) in [5, 5.41) is 12.8. The first-order valence-electron chi connectivity index (χ1n) is 17.7. The summed E-state index contributed by atoms with van der Waals surface area (Å²) in [6.45, 7) is 8.51. The van der Waals surface area contributed by atoms with E-state index in [1.807, 2.05) is 44.9 Å². The van der Waals surface area contributed by atoms with Crippen LogP contribution in [0.3, 0.4) is 0 Å². The number of halogens is 3. The summed E-state index contributed by atoms with van der Waals surface area (Å²) in [6, 6.07) is 9.35. The van der Waals surface area contributed by atoms with Crippen molar-refractivity contribution < 1.29 is 18.3 Å². The molecular formula is C40H38ClF2N7O3S. The second-order valence-electron chi connectivity index (χ2n) is 14.9. The van der Waals surface area contributed by atoms with E-state index in [9.17, 15) is 23.6 Å². The standard InChI is InChI=1S/C40H38ClF2N7O3S/c1-23-47-32-21-46-36(48(5)26-11-15-49(16-12-26)27-18-40(42,43)19-27)30(20-44)33(32)37(51)50(23)14-6-7-24-8-9-25(41)17-29(24)28-10-13-45-34-31(22-54-35(28)34)38(52)53-39(2,3)4/h8-10,13,17,21-22,26-27H,11-12,14-16,18-19H2,1-5H3. The van der Waals surface area contributed by atoms with Gasteiger partial charge in [0.1, 0.15) is 28.9 Å². The van der Waals surface area contributed by atoms with Gasteiger partial charge in [0.2, 0.25) is 0 Å². The summed E-state index contributed by atoms with van der Waals surface area (Å²) >= 11 is 7.85. The number of hydrogen-bond acceptors (Lipinski definition) is 10. The van der Waals surface area contributed by atoms with E-state index in [0.29, 0.717) is 51.9 Å². The highest BCUT2D eigenvalue weighted by Gasteiger charge is 2.48. The SMILES string of the molecule is Cc1nc2cnc(N(C)C3CCN(C4CC(F)(F)C4)CC3)c(C#N)c2c(=O)n1CC#Cc1ccc(Cl)cc1-c1ccnc2c(C(=O)OC(C)(C)C)csc12. The van der Waals surface area contributed by atoms with Gasteiger partial charge in [-0.1, -0.05) is 23.4 Å². The predicted molar refractivity (Wildman–Crippen MR) is 206 cm³/mol. The number of nitrogens with zero attached hydrogens (tertiary/aromatic N) is 7. The fraction of sp³-hybridized carbons (Fsp3) is 0.400. The molecular weight excluding hydrogens is 732 g/mol. The molecule has 10 nitrogen and oxygen atoms in total. The second kappa shape index (κ2) is 14.4. The van der Waals surface area contributed by atoms with Crippen LogP contribution in [0.15, 0.2) is 46.8 Å². The fourth-order valence-corrected chi connectivity index (χ4v) is 8.45. The Bertz CT molecular complexity index is 2460. The van der Waals surface area contributed by atoms with E-state index in [-0.39, 0.29) is 42.4 Å². The van der Waals surface area contributed by atoms with Crippen LogP contribution in [0.1, 0.15) is 73.8 Å². The lowest BCUT2D eigenvalue weighted by Crippen LogP contribution is -2.55. The molecule has 0 radical (unpaired) electrons. The zero-order chi connectivity index (χ0) is 38.5. The summed E-state index contributed by atoms with van der Waals surface area (Å²) in [5.74, 6) is 4.12. The Hall–Kier alpha value is -4.95. The molecule has 1 saturated heterocycles. The number of esters is 1. The van der Waals surface area contributed by atoms with E-state index >= 15 is 0 Å². The fourth-order valence-electron chi connectivity index (χ4n) is 7.25. The molecule has 2 fully saturated rings. The predicted octanol–water partition coefficient (Wildman–Crippen LogP) is 7.61. The number of likely N-dealkylation sites (tertiary alicyclic amines) is 1. The van der Waals surface area contributed by atoms with Crippen molar-refractivity contribution >= 4 is 55.8 Å². The second-order valence-corrected chi connectivity index (χ2v) is 16.2. The number of aryl methyl sites for hydroxylation is 1. The lowest BCUT2D eigenvalue weighted by molar-refractivity contribution is -0.127. The molecule has 5 heterocycles. The Labute approximate surface area is 320 Å². The molecule has 0 spiro atoms. The van der Waals surface area contributed by atoms with Gasteiger partial charge in [-0.05, 0) is 64.8 Å². The van der Waals surface area contributed by atoms with Crippen LogP contribution in [-0.4, -0.2) is 74.1 Å². The van der Waals surface area contributed by atoms with E-state index in [2.05, 4.69) is 37.8 Å². The maximum absolute atomic E-state index is 14.1. The van der Waals surface area contributed by atoms with Gasteiger partial charge in [0.15, 0.2) is 0 Å². The molecule has 0 bridgehead atoms. The van der Waals surface area contributed by atoms with Crippen LogP contribution in [0.4, 0.5) is 14.6 Å². The van der Waals surface area contributed by atoms with Crippen molar-refractivity contribution in [2.75, 3.05) is 25.0 Å². The van der Waals surface area contributed by atoms with Gasteiger partial charge < -0.3 is 9.64 Å². The molecule has 2 aliphatic rings. The van der Waals surface area contributed by atoms with Crippen LogP contribution < -0.4 is 10.5 Å². The van der Waals surface area contributed by atoms with Crippen LogP contribution in [0.25, 0.3) is 32.2 Å². The van der Waals surface area contributed by atoms with Crippen molar-refractivity contribution in [2.24, 2.45) is 0 Å². The third-order valence-corrected chi connectivity index (χ3v) is 11.3. The van der Waals surface area contributed by atoms with Crippen LogP contribution in [0, 0.1) is 30.1 Å². The Morgan fingerprint density at radius 1 is 1.17 bits per heavy atom. The van der Waals surface area contributed by atoms with Crippen molar-refractivity contribution in [1.82, 2.24) is 24.4 Å². The molecule has 1 aliphatic heterocycles. The number of carbonyl (C=O) groups excluding carboxylic acids is 1. The van der Waals surface area contributed by atoms with Gasteiger partial charge in [0, 0.05) is 78.4 Å². The molecule has 1 saturated carbocycles. The lowest BCUT2D eigenvalue weighted by Gasteiger charge is -2.46. The highest BCUT2D eigenvalue weighted by molar-refractivity contribution is 7.18. The number of carbonyl (C=O) groups is 1. The number of hydrogen-bond donors (Lipinski definition) is 0. The normalized spacial score (nSPS) is 16.4. The highest BCUT2D eigenvalue weighted by Crippen LogP contribution is 2.42. The molecule has 54 heavy (non-hydrogen) atoms. The van der Waals surface area contributed by atoms with Crippen LogP contribution in [-0.2, 0) is 11.3 Å². The molecule has 0 unspecified atom stereocenters. The van der Waals surface area contributed by atoms with Gasteiger partial charge in [-0.25, -0.2) is 23.5 Å². The average molecular weight is 770 g/mol. The van der Waals surface area contributed by atoms with Crippen LogP contribution in [0.5, 0.6) is 0 Å². The molecule has 7 rings (SSSR count). The van der Waals surface area contributed by atoms with Crippen molar-refractivity contribution in [2.45, 2.75) is 83.5 Å². The number of thiophene rings is 1. The maximum Gasteiger partial charge on any atom is 0.341 e. The van der Waals surface area contributed by atoms with Gasteiger partial charge in [0.05, 0.1) is 39.4 Å². The number of fused-ring (bicyclic) bond motifs is 2. The number of ether oxygens (including phenoxy) is 1. The summed E-state index contributed by atoms with van der Waals surface area (Å²) in [7, 11) is 1.85. The molecule has 1 aromatic carbocycles. The van der Waals surface area contributed by atoms with Crippen molar-refractivity contribution in [3.05, 3.63) is 79.9 Å². The largest absolute Gasteiger partial charge is 0.456 e. The number of nitriles is 1. The maximum atomic E-state index is 14.1. The number of pyridine rings is 2. The summed E-state index contributed by atoms with van der Waals surface area (Å²) in [6.07, 6.45) is 4.42. The molecule has 1 aliphatic carbocycles. The van der Waals surface area contributed by atoms with Crippen LogP contribution >= 0.6 is 22.9 Å². The number of benzene rings is 1. The van der Waals surface area contributed by atoms with Crippen molar-refractivity contribution in [3.8, 4) is 29.0 Å². The number of aromatic nitrogens is 4. The van der Waals surface area contributed by atoms with Crippen molar-refractivity contribution in [3.63, 3.8) is 0 Å².